The topological polar surface area (TPSA) is 9.23 Å². The lowest BCUT2D eigenvalue weighted by molar-refractivity contribution is 0.0585. The van der Waals surface area contributed by atoms with E-state index in [4.69, 9.17) is 4.43 Å². The normalized spacial score (nSPS) is 13.3. The second-order valence-corrected chi connectivity index (χ2v) is 17.8. The van der Waals surface area contributed by atoms with Gasteiger partial charge in [-0.05, 0) is 24.2 Å². The van der Waals surface area contributed by atoms with Crippen molar-refractivity contribution in [2.24, 2.45) is 0 Å². The lowest BCUT2D eigenvalue weighted by Crippen LogP contribution is -2.56. The van der Waals surface area contributed by atoms with Gasteiger partial charge in [0.15, 0.2) is 0 Å². The summed E-state index contributed by atoms with van der Waals surface area (Å²) < 4.78 is 7.21. The van der Waals surface area contributed by atoms with Crippen molar-refractivity contribution >= 4 is 16.4 Å². The van der Waals surface area contributed by atoms with E-state index in [1.54, 1.807) is 0 Å². The SMILES string of the molecule is C=C[Si](C)(C)OC(c1ccccc1)(c1ccccc1)C(C)(C)[Si](C)(C)C=C. The van der Waals surface area contributed by atoms with Gasteiger partial charge in [-0.15, -0.1) is 18.9 Å². The molecule has 0 bridgehead atoms. The van der Waals surface area contributed by atoms with Crippen LogP contribution in [0, 0.1) is 0 Å². The van der Waals surface area contributed by atoms with Gasteiger partial charge >= 0.3 is 0 Å². The maximum atomic E-state index is 7.21. The molecule has 0 aliphatic heterocycles. The Hall–Kier alpha value is -1.69. The van der Waals surface area contributed by atoms with Gasteiger partial charge in [0.1, 0.15) is 5.60 Å². The minimum atomic E-state index is -2.13. The summed E-state index contributed by atoms with van der Waals surface area (Å²) in [5.41, 5.74) is 6.06. The Bertz CT molecular complexity index is 737. The van der Waals surface area contributed by atoms with Gasteiger partial charge in [-0.1, -0.05) is 93.3 Å². The first-order valence-corrected chi connectivity index (χ1v) is 15.7. The Morgan fingerprint density at radius 1 is 0.741 bits per heavy atom. The minimum Gasteiger partial charge on any atom is -0.400 e. The lowest BCUT2D eigenvalue weighted by atomic mass is 9.77. The van der Waals surface area contributed by atoms with Gasteiger partial charge in [-0.2, -0.15) is 0 Å². The summed E-state index contributed by atoms with van der Waals surface area (Å²) in [6.07, 6.45) is 0. The smallest absolute Gasteiger partial charge is 0.212 e. The molecule has 0 saturated carbocycles. The number of hydrogen-bond acceptors (Lipinski definition) is 1. The van der Waals surface area contributed by atoms with Crippen LogP contribution in [-0.2, 0) is 10.0 Å². The molecule has 0 saturated heterocycles. The fourth-order valence-corrected chi connectivity index (χ4v) is 6.85. The molecule has 0 fully saturated rings. The van der Waals surface area contributed by atoms with E-state index in [0.717, 1.165) is 0 Å². The Balaban J connectivity index is 2.95. The predicted octanol–water partition coefficient (Wildman–Crippen LogP) is 7.09. The van der Waals surface area contributed by atoms with Gasteiger partial charge in [0.2, 0.25) is 8.32 Å². The van der Waals surface area contributed by atoms with E-state index >= 15 is 0 Å². The van der Waals surface area contributed by atoms with Gasteiger partial charge in [0.05, 0.1) is 8.07 Å². The first-order valence-electron chi connectivity index (χ1n) is 9.62. The average Bonchev–Trinajstić information content (AvgIpc) is 2.67. The highest BCUT2D eigenvalue weighted by Crippen LogP contribution is 2.59. The van der Waals surface area contributed by atoms with Crippen molar-refractivity contribution in [1.82, 2.24) is 0 Å². The third-order valence-electron chi connectivity index (χ3n) is 6.27. The second-order valence-electron chi connectivity index (χ2n) is 8.87. The molecular weight excluding hydrogens is 360 g/mol. The molecule has 144 valence electrons. The summed E-state index contributed by atoms with van der Waals surface area (Å²) >= 11 is 0. The maximum absolute atomic E-state index is 7.21. The van der Waals surface area contributed by atoms with Crippen molar-refractivity contribution < 1.29 is 4.43 Å². The van der Waals surface area contributed by atoms with Gasteiger partial charge in [0.25, 0.3) is 0 Å². The summed E-state index contributed by atoms with van der Waals surface area (Å²) in [5, 5.41) is -0.141. The Morgan fingerprint density at radius 2 is 1.15 bits per heavy atom. The molecule has 0 amide bonds. The van der Waals surface area contributed by atoms with Gasteiger partial charge in [-0.25, -0.2) is 0 Å². The predicted molar refractivity (Wildman–Crippen MR) is 124 cm³/mol. The minimum absolute atomic E-state index is 0.141. The van der Waals surface area contributed by atoms with E-state index in [9.17, 15) is 0 Å². The average molecular weight is 395 g/mol. The molecule has 0 heterocycles. The molecule has 0 spiro atoms. The number of hydrogen-bond donors (Lipinski definition) is 0. The molecule has 0 aromatic heterocycles. The molecule has 0 unspecified atom stereocenters. The van der Waals surface area contributed by atoms with Crippen molar-refractivity contribution in [3.05, 3.63) is 96.3 Å². The van der Waals surface area contributed by atoms with E-state index < -0.39 is 22.0 Å². The van der Waals surface area contributed by atoms with E-state index in [0.29, 0.717) is 0 Å². The van der Waals surface area contributed by atoms with Crippen LogP contribution in [0.2, 0.25) is 31.2 Å². The molecule has 1 nitrogen and oxygen atoms in total. The molecule has 0 atom stereocenters. The first-order chi connectivity index (χ1) is 12.5. The maximum Gasteiger partial charge on any atom is 0.212 e. The highest BCUT2D eigenvalue weighted by atomic mass is 28.4. The monoisotopic (exact) mass is 394 g/mol. The molecule has 27 heavy (non-hydrogen) atoms. The molecule has 2 rings (SSSR count). The zero-order valence-corrected chi connectivity index (χ0v) is 19.8. The summed E-state index contributed by atoms with van der Waals surface area (Å²) in [4.78, 5) is 0. The fourth-order valence-electron chi connectivity index (χ4n) is 3.62. The van der Waals surface area contributed by atoms with Crippen LogP contribution >= 0.6 is 0 Å². The zero-order chi connectivity index (χ0) is 20.3. The van der Waals surface area contributed by atoms with Crippen molar-refractivity contribution in [2.75, 3.05) is 0 Å². The summed E-state index contributed by atoms with van der Waals surface area (Å²) in [6.45, 7) is 22.2. The third kappa shape index (κ3) is 3.82. The molecule has 2 aromatic rings. The second kappa shape index (κ2) is 7.74. The van der Waals surface area contributed by atoms with Gasteiger partial charge in [0, 0.05) is 5.04 Å². The van der Waals surface area contributed by atoms with Crippen molar-refractivity contribution in [1.29, 1.82) is 0 Å². The van der Waals surface area contributed by atoms with Crippen LogP contribution in [0.4, 0.5) is 0 Å². The van der Waals surface area contributed by atoms with Gasteiger partial charge < -0.3 is 4.43 Å². The summed E-state index contributed by atoms with van der Waals surface area (Å²) in [6, 6.07) is 21.4. The summed E-state index contributed by atoms with van der Waals surface area (Å²) in [5.74, 6) is 0. The largest absolute Gasteiger partial charge is 0.400 e. The zero-order valence-electron chi connectivity index (χ0n) is 17.8. The van der Waals surface area contributed by atoms with Crippen molar-refractivity contribution in [2.45, 2.75) is 50.7 Å². The highest BCUT2D eigenvalue weighted by molar-refractivity contribution is 6.85. The molecule has 0 aliphatic carbocycles. The van der Waals surface area contributed by atoms with Crippen LogP contribution in [0.5, 0.6) is 0 Å². The summed E-state index contributed by atoms with van der Waals surface area (Å²) in [7, 11) is -4.02. The number of rotatable bonds is 8. The van der Waals surface area contributed by atoms with E-state index in [-0.39, 0.29) is 5.04 Å². The fraction of sp³-hybridized carbons (Fsp3) is 0.333. The molecule has 2 aromatic carbocycles. The highest BCUT2D eigenvalue weighted by Gasteiger charge is 2.57. The van der Waals surface area contributed by atoms with E-state index in [1.807, 2.05) is 5.70 Å². The lowest BCUT2D eigenvalue weighted by Gasteiger charge is -2.56. The molecule has 0 N–H and O–H groups in total. The molecule has 0 radical (unpaired) electrons. The molecular formula is C24H34OSi2. The van der Waals surface area contributed by atoms with Crippen LogP contribution in [0.3, 0.4) is 0 Å². The molecule has 3 heteroatoms. The number of benzene rings is 2. The van der Waals surface area contributed by atoms with Crippen LogP contribution < -0.4 is 0 Å². The van der Waals surface area contributed by atoms with Crippen molar-refractivity contribution in [3.63, 3.8) is 0 Å². The van der Waals surface area contributed by atoms with Crippen LogP contribution in [0.15, 0.2) is 85.2 Å². The van der Waals surface area contributed by atoms with E-state index in [1.165, 1.54) is 11.1 Å². The Kier molecular flexibility index (Phi) is 6.20. The van der Waals surface area contributed by atoms with Crippen LogP contribution in [0.25, 0.3) is 0 Å². The quantitative estimate of drug-likeness (QED) is 0.434. The Labute approximate surface area is 167 Å². The third-order valence-corrected chi connectivity index (χ3v) is 12.7. The standard InChI is InChI=1S/C24H34OSi2/c1-9-26(5,6)23(3,4)24(25-27(7,8)10-2,21-17-13-11-14-18-21)22-19-15-12-16-20-22/h9-20H,1-2H2,3-8H3. The Morgan fingerprint density at radius 3 is 1.48 bits per heavy atom. The van der Waals surface area contributed by atoms with E-state index in [2.05, 4.69) is 120 Å². The molecule has 0 aliphatic rings. The first kappa shape index (κ1) is 21.6. The van der Waals surface area contributed by atoms with Crippen molar-refractivity contribution in [3.8, 4) is 0 Å². The van der Waals surface area contributed by atoms with Crippen LogP contribution in [-0.4, -0.2) is 16.4 Å². The van der Waals surface area contributed by atoms with Crippen LogP contribution in [0.1, 0.15) is 25.0 Å². The van der Waals surface area contributed by atoms with Gasteiger partial charge in [-0.3, -0.25) is 0 Å².